The van der Waals surface area contributed by atoms with Crippen molar-refractivity contribution in [2.24, 2.45) is 40.4 Å². The number of ketones is 1. The van der Waals surface area contributed by atoms with Crippen LogP contribution in [0.4, 0.5) is 0 Å². The van der Waals surface area contributed by atoms with E-state index >= 15 is 0 Å². The van der Waals surface area contributed by atoms with Gasteiger partial charge < -0.3 is 70.0 Å². The SMILES string of the molecule is C=C(CCC1(OC)OC2CC3C4C(O)C(=O)C5(O)C(O)C(O)C(O)C(O)C5(C)C4CCC3(C)C2C1C)COC1OC(CO)C(O)C(O)C1O. The second kappa shape index (κ2) is 12.8. The van der Waals surface area contributed by atoms with E-state index in [0.29, 0.717) is 37.7 Å². The van der Waals surface area contributed by atoms with Crippen LogP contribution in [0.15, 0.2) is 12.2 Å². The number of rotatable bonds is 8. The van der Waals surface area contributed by atoms with Crippen LogP contribution in [0.1, 0.15) is 52.9 Å². The van der Waals surface area contributed by atoms with Gasteiger partial charge in [-0.2, -0.15) is 0 Å². The van der Waals surface area contributed by atoms with Crippen molar-refractivity contribution in [1.82, 2.24) is 0 Å². The molecule has 4 saturated carbocycles. The average molecular weight is 703 g/mol. The fourth-order valence-corrected chi connectivity index (χ4v) is 11.3. The van der Waals surface area contributed by atoms with Crippen molar-refractivity contribution in [1.29, 1.82) is 0 Å². The Morgan fingerprint density at radius 2 is 1.61 bits per heavy atom. The van der Waals surface area contributed by atoms with Gasteiger partial charge in [0.25, 0.3) is 0 Å². The Morgan fingerprint density at radius 1 is 0.959 bits per heavy atom. The number of methoxy groups -OCH3 is 1. The van der Waals surface area contributed by atoms with Crippen LogP contribution in [0, 0.1) is 40.4 Å². The third kappa shape index (κ3) is 5.03. The Balaban J connectivity index is 1.16. The van der Waals surface area contributed by atoms with E-state index in [4.69, 9.17) is 18.9 Å². The van der Waals surface area contributed by atoms with Crippen LogP contribution in [0.5, 0.6) is 0 Å². The van der Waals surface area contributed by atoms with Crippen molar-refractivity contribution >= 4 is 5.78 Å². The predicted octanol–water partition coefficient (Wildman–Crippen LogP) is -2.68. The largest absolute Gasteiger partial charge is 0.394 e. The van der Waals surface area contributed by atoms with E-state index in [0.717, 1.165) is 0 Å². The van der Waals surface area contributed by atoms with Crippen LogP contribution >= 0.6 is 0 Å². The minimum Gasteiger partial charge on any atom is -0.394 e. The zero-order valence-electron chi connectivity index (χ0n) is 28.4. The standard InChI is InChI=1S/C34H54O15/c1-13(12-47-30-26(41)23(38)21(36)18(11-35)48-30)6-9-33(46-5)14(2)20-17(49-33)10-16-19-15(7-8-31(16,20)3)32(4)27(42)24(39)25(40)29(44)34(32,45)28(43)22(19)37/h14-27,29-30,35-42,44-45H,1,6-12H2,2-5H3. The fraction of sp³-hybridized carbons (Fsp3) is 0.912. The van der Waals surface area contributed by atoms with E-state index in [9.17, 15) is 55.9 Å². The number of hydrogen-bond acceptors (Lipinski definition) is 15. The quantitative estimate of drug-likeness (QED) is 0.116. The van der Waals surface area contributed by atoms with Crippen LogP contribution in [0.3, 0.4) is 0 Å². The number of aliphatic hydroxyl groups is 10. The lowest BCUT2D eigenvalue weighted by Crippen LogP contribution is -2.82. The molecule has 49 heavy (non-hydrogen) atoms. The van der Waals surface area contributed by atoms with Gasteiger partial charge in [0.1, 0.15) is 48.8 Å². The maximum Gasteiger partial charge on any atom is 0.196 e. The van der Waals surface area contributed by atoms with Crippen molar-refractivity contribution in [3.63, 3.8) is 0 Å². The molecule has 10 N–H and O–H groups in total. The van der Waals surface area contributed by atoms with Gasteiger partial charge in [-0.1, -0.05) is 32.9 Å². The lowest BCUT2D eigenvalue weighted by molar-refractivity contribution is -0.315. The highest BCUT2D eigenvalue weighted by atomic mass is 16.7. The van der Waals surface area contributed by atoms with Gasteiger partial charge in [0.15, 0.2) is 23.5 Å². The number of aliphatic hydroxyl groups excluding tert-OH is 9. The summed E-state index contributed by atoms with van der Waals surface area (Å²) in [6, 6.07) is 0. The van der Waals surface area contributed by atoms with Crippen LogP contribution in [0.2, 0.25) is 0 Å². The molecule has 2 heterocycles. The molecule has 0 amide bonds. The first-order chi connectivity index (χ1) is 22.9. The van der Waals surface area contributed by atoms with Crippen LogP contribution in [0.25, 0.3) is 0 Å². The third-order valence-corrected chi connectivity index (χ3v) is 14.1. The van der Waals surface area contributed by atoms with E-state index < -0.39 is 108 Å². The lowest BCUT2D eigenvalue weighted by Gasteiger charge is -2.66. The molecule has 0 aromatic carbocycles. The van der Waals surface area contributed by atoms with Crippen LogP contribution in [-0.2, 0) is 23.7 Å². The van der Waals surface area contributed by atoms with Gasteiger partial charge in [-0.05, 0) is 54.8 Å². The molecular formula is C34H54O15. The number of carbonyl (C=O) groups is 1. The van der Waals surface area contributed by atoms with Gasteiger partial charge in [-0.15, -0.1) is 0 Å². The van der Waals surface area contributed by atoms with Gasteiger partial charge in [0.2, 0.25) is 0 Å². The summed E-state index contributed by atoms with van der Waals surface area (Å²) >= 11 is 0. The van der Waals surface area contributed by atoms with Crippen molar-refractivity contribution in [3.8, 4) is 0 Å². The van der Waals surface area contributed by atoms with Crippen LogP contribution in [-0.4, -0.2) is 156 Å². The Hall–Kier alpha value is -1.15. The zero-order chi connectivity index (χ0) is 36.2. The zero-order valence-corrected chi connectivity index (χ0v) is 28.4. The monoisotopic (exact) mass is 702 g/mol. The number of fused-ring (bicyclic) bond motifs is 7. The smallest absolute Gasteiger partial charge is 0.196 e. The summed E-state index contributed by atoms with van der Waals surface area (Å²) in [5.41, 5.74) is -4.24. The first kappa shape index (κ1) is 37.6. The summed E-state index contributed by atoms with van der Waals surface area (Å²) in [6.45, 7) is 9.08. The van der Waals surface area contributed by atoms with E-state index in [2.05, 4.69) is 13.5 Å². The topological polar surface area (TPSA) is 256 Å². The fourth-order valence-electron chi connectivity index (χ4n) is 11.3. The summed E-state index contributed by atoms with van der Waals surface area (Å²) < 4.78 is 23.9. The van der Waals surface area contributed by atoms with Gasteiger partial charge >= 0.3 is 0 Å². The average Bonchev–Trinajstić information content (AvgIpc) is 3.54. The highest BCUT2D eigenvalue weighted by Crippen LogP contribution is 2.71. The molecule has 280 valence electrons. The maximum absolute atomic E-state index is 13.8. The second-order valence-electron chi connectivity index (χ2n) is 16.0. The maximum atomic E-state index is 13.8. The molecule has 6 aliphatic rings. The van der Waals surface area contributed by atoms with Crippen molar-refractivity contribution in [2.45, 2.75) is 132 Å². The molecule has 0 aromatic rings. The molecule has 0 bridgehead atoms. The molecule has 0 aromatic heterocycles. The minimum absolute atomic E-state index is 0.0457. The van der Waals surface area contributed by atoms with Crippen LogP contribution < -0.4 is 0 Å². The Kier molecular flexibility index (Phi) is 9.79. The Morgan fingerprint density at radius 3 is 2.24 bits per heavy atom. The first-order valence-electron chi connectivity index (χ1n) is 17.4. The molecule has 15 nitrogen and oxygen atoms in total. The Labute approximate surface area is 285 Å². The molecule has 0 radical (unpaired) electrons. The molecule has 20 unspecified atom stereocenters. The minimum atomic E-state index is -2.67. The number of ether oxygens (including phenoxy) is 4. The van der Waals surface area contributed by atoms with Crippen molar-refractivity contribution in [2.75, 3.05) is 20.3 Å². The summed E-state index contributed by atoms with van der Waals surface area (Å²) in [4.78, 5) is 13.8. The molecule has 6 rings (SSSR count). The molecule has 4 aliphatic carbocycles. The van der Waals surface area contributed by atoms with Crippen molar-refractivity contribution in [3.05, 3.63) is 12.2 Å². The molecular weight excluding hydrogens is 648 g/mol. The van der Waals surface area contributed by atoms with E-state index in [1.165, 1.54) is 6.92 Å². The van der Waals surface area contributed by atoms with E-state index in [1.807, 2.05) is 6.92 Å². The molecule has 0 spiro atoms. The van der Waals surface area contributed by atoms with Gasteiger partial charge in [0, 0.05) is 24.9 Å². The van der Waals surface area contributed by atoms with Crippen molar-refractivity contribution < 1.29 is 74.8 Å². The predicted molar refractivity (Wildman–Crippen MR) is 166 cm³/mol. The highest BCUT2D eigenvalue weighted by molar-refractivity contribution is 5.94. The summed E-state index contributed by atoms with van der Waals surface area (Å²) in [5.74, 6) is -3.93. The number of Topliss-reactive ketones (excluding diaryl/α,β-unsaturated/α-hetero) is 1. The normalized spacial score (nSPS) is 56.9. The summed E-state index contributed by atoms with van der Waals surface area (Å²) in [5, 5.41) is 106. The molecule has 2 aliphatic heterocycles. The molecule has 6 fully saturated rings. The highest BCUT2D eigenvalue weighted by Gasteiger charge is 2.78. The van der Waals surface area contributed by atoms with Gasteiger partial charge in [0.05, 0.1) is 25.4 Å². The first-order valence-corrected chi connectivity index (χ1v) is 17.4. The molecule has 15 heteroatoms. The third-order valence-electron chi connectivity index (χ3n) is 14.1. The second-order valence-corrected chi connectivity index (χ2v) is 16.0. The van der Waals surface area contributed by atoms with E-state index in [-0.39, 0.29) is 30.5 Å². The molecule has 2 saturated heterocycles. The Bertz CT molecular complexity index is 1280. The van der Waals surface area contributed by atoms with E-state index in [1.54, 1.807) is 7.11 Å². The van der Waals surface area contributed by atoms with Gasteiger partial charge in [-0.3, -0.25) is 4.79 Å². The summed E-state index contributed by atoms with van der Waals surface area (Å²) in [6.07, 6.45) is -14.4. The lowest BCUT2D eigenvalue weighted by atomic mass is 9.40. The summed E-state index contributed by atoms with van der Waals surface area (Å²) in [7, 11) is 1.57. The number of carbonyl (C=O) groups excluding carboxylic acids is 1. The molecule has 20 atom stereocenters. The number of hydrogen-bond donors (Lipinski definition) is 10. The van der Waals surface area contributed by atoms with Gasteiger partial charge in [-0.25, -0.2) is 0 Å².